The lowest BCUT2D eigenvalue weighted by atomic mass is 10.0. The number of methoxy groups -OCH3 is 1. The number of fused-ring (bicyclic) bond motifs is 1. The predicted octanol–water partition coefficient (Wildman–Crippen LogP) is 1.54. The average molecular weight is 219 g/mol. The van der Waals surface area contributed by atoms with E-state index in [0.717, 1.165) is 0 Å². The Hall–Kier alpha value is -2.24. The highest BCUT2D eigenvalue weighted by molar-refractivity contribution is 5.99. The van der Waals surface area contributed by atoms with Crippen LogP contribution in [0.15, 0.2) is 28.4 Å². The summed E-state index contributed by atoms with van der Waals surface area (Å²) < 4.78 is 4.56. The minimum atomic E-state index is -1.18. The molecule has 1 aromatic rings. The first-order chi connectivity index (χ1) is 7.65. The van der Waals surface area contributed by atoms with Crippen LogP contribution in [-0.4, -0.2) is 24.2 Å². The van der Waals surface area contributed by atoms with Crippen molar-refractivity contribution in [2.24, 2.45) is 10.2 Å². The van der Waals surface area contributed by atoms with Crippen LogP contribution in [0.1, 0.15) is 15.9 Å². The van der Waals surface area contributed by atoms with Crippen molar-refractivity contribution in [2.75, 3.05) is 7.11 Å². The third-order valence-corrected chi connectivity index (χ3v) is 2.15. The predicted molar refractivity (Wildman–Crippen MR) is 52.3 cm³/mol. The van der Waals surface area contributed by atoms with Gasteiger partial charge in [-0.15, -0.1) is 0 Å². The summed E-state index contributed by atoms with van der Waals surface area (Å²) in [4.78, 5) is 22.2. The largest absolute Gasteiger partial charge is 0.479 e. The van der Waals surface area contributed by atoms with Crippen molar-refractivity contribution in [3.05, 3.63) is 35.4 Å². The normalized spacial score (nSPS) is 13.6. The topological polar surface area (TPSA) is 88.3 Å². The summed E-state index contributed by atoms with van der Waals surface area (Å²) in [6.45, 7) is 0. The molecule has 0 amide bonds. The number of aliphatic carboxylic acids is 1. The van der Waals surface area contributed by atoms with Crippen molar-refractivity contribution in [1.82, 2.24) is 0 Å². The van der Waals surface area contributed by atoms with Crippen LogP contribution in [0, 0.1) is 6.04 Å². The summed E-state index contributed by atoms with van der Waals surface area (Å²) in [5, 5.41) is 16.0. The highest BCUT2D eigenvalue weighted by Gasteiger charge is 2.31. The quantitative estimate of drug-likeness (QED) is 0.764. The number of carboxylic acid groups (broad SMARTS) is 1. The minimum Gasteiger partial charge on any atom is -0.479 e. The van der Waals surface area contributed by atoms with E-state index >= 15 is 0 Å². The molecule has 0 aliphatic carbocycles. The third kappa shape index (κ3) is 1.44. The Morgan fingerprint density at radius 3 is 2.69 bits per heavy atom. The molecular formula is C10H7N2O4. The van der Waals surface area contributed by atoms with E-state index in [9.17, 15) is 9.59 Å². The van der Waals surface area contributed by atoms with Crippen LogP contribution in [0.25, 0.3) is 0 Å². The number of hydrogen-bond acceptors (Lipinski definition) is 5. The van der Waals surface area contributed by atoms with Crippen molar-refractivity contribution in [3.63, 3.8) is 0 Å². The molecule has 1 radical (unpaired) electrons. The molecule has 1 aromatic carbocycles. The number of carboxylic acids is 1. The maximum atomic E-state index is 11.4. The van der Waals surface area contributed by atoms with Gasteiger partial charge in [0.25, 0.3) is 0 Å². The van der Waals surface area contributed by atoms with Gasteiger partial charge < -0.3 is 9.84 Å². The minimum absolute atomic E-state index is 0.166. The molecule has 0 fully saturated rings. The first-order valence-electron chi connectivity index (χ1n) is 4.39. The zero-order chi connectivity index (χ0) is 11.7. The number of benzene rings is 1. The van der Waals surface area contributed by atoms with Gasteiger partial charge in [0.1, 0.15) is 5.69 Å². The summed E-state index contributed by atoms with van der Waals surface area (Å²) in [6.07, 6.45) is 0. The lowest BCUT2D eigenvalue weighted by molar-refractivity contribution is -0.134. The fourth-order valence-corrected chi connectivity index (χ4v) is 1.43. The van der Waals surface area contributed by atoms with Crippen LogP contribution in [0.4, 0.5) is 5.69 Å². The molecular weight excluding hydrogens is 212 g/mol. The van der Waals surface area contributed by atoms with Gasteiger partial charge in [-0.1, -0.05) is 12.1 Å². The SMILES string of the molecule is COC(=O)c1cccc2c1N=N[C]2C(=O)O. The molecule has 0 unspecified atom stereocenters. The van der Waals surface area contributed by atoms with Gasteiger partial charge in [-0.3, -0.25) is 0 Å². The molecule has 1 aliphatic heterocycles. The smallest absolute Gasteiger partial charge is 0.342 e. The van der Waals surface area contributed by atoms with Crippen molar-refractivity contribution in [2.45, 2.75) is 0 Å². The van der Waals surface area contributed by atoms with Crippen molar-refractivity contribution in [3.8, 4) is 0 Å². The van der Waals surface area contributed by atoms with E-state index in [1.54, 1.807) is 12.1 Å². The zero-order valence-electron chi connectivity index (χ0n) is 8.30. The van der Waals surface area contributed by atoms with Gasteiger partial charge in [0.2, 0.25) is 6.04 Å². The zero-order valence-corrected chi connectivity index (χ0v) is 8.30. The van der Waals surface area contributed by atoms with Crippen LogP contribution < -0.4 is 0 Å². The monoisotopic (exact) mass is 219 g/mol. The second kappa shape index (κ2) is 3.73. The molecule has 0 atom stereocenters. The molecule has 6 heteroatoms. The Balaban J connectivity index is 2.52. The molecule has 0 aromatic heterocycles. The molecule has 1 aliphatic rings. The number of carbonyl (C=O) groups excluding carboxylic acids is 1. The number of carbonyl (C=O) groups is 2. The molecule has 0 spiro atoms. The summed E-state index contributed by atoms with van der Waals surface area (Å²) in [7, 11) is 1.25. The van der Waals surface area contributed by atoms with E-state index in [2.05, 4.69) is 15.0 Å². The van der Waals surface area contributed by atoms with Gasteiger partial charge in [0.15, 0.2) is 0 Å². The Morgan fingerprint density at radius 2 is 2.06 bits per heavy atom. The van der Waals surface area contributed by atoms with Crippen LogP contribution in [0.5, 0.6) is 0 Å². The molecule has 2 rings (SSSR count). The Kier molecular flexibility index (Phi) is 2.40. The van der Waals surface area contributed by atoms with Gasteiger partial charge in [-0.05, 0) is 6.07 Å². The average Bonchev–Trinajstić information content (AvgIpc) is 2.71. The number of ether oxygens (including phenoxy) is 1. The Labute approximate surface area is 90.6 Å². The molecule has 0 bridgehead atoms. The fraction of sp³-hybridized carbons (Fsp3) is 0.100. The van der Waals surface area contributed by atoms with E-state index in [1.807, 2.05) is 0 Å². The number of esters is 1. The van der Waals surface area contributed by atoms with E-state index in [0.29, 0.717) is 5.56 Å². The maximum Gasteiger partial charge on any atom is 0.342 e. The number of hydrogen-bond donors (Lipinski definition) is 1. The van der Waals surface area contributed by atoms with E-state index < -0.39 is 11.9 Å². The van der Waals surface area contributed by atoms with Gasteiger partial charge in [0, 0.05) is 5.56 Å². The number of azo groups is 1. The standard InChI is InChI=1S/C10H7N2O4/c1-16-10(15)6-4-2-3-5-7(6)11-12-8(5)9(13)14/h2-4H,1H3,(H,13,14). The highest BCUT2D eigenvalue weighted by atomic mass is 16.5. The van der Waals surface area contributed by atoms with Crippen molar-refractivity contribution < 1.29 is 19.4 Å². The molecule has 0 saturated heterocycles. The first kappa shape index (κ1) is 10.3. The van der Waals surface area contributed by atoms with E-state index in [1.165, 1.54) is 13.2 Å². The van der Waals surface area contributed by atoms with E-state index in [4.69, 9.17) is 5.11 Å². The third-order valence-electron chi connectivity index (χ3n) is 2.15. The highest BCUT2D eigenvalue weighted by Crippen LogP contribution is 2.37. The molecule has 6 nitrogen and oxygen atoms in total. The summed E-state index contributed by atoms with van der Waals surface area (Å²) >= 11 is 0. The number of rotatable bonds is 2. The van der Waals surface area contributed by atoms with Crippen molar-refractivity contribution in [1.29, 1.82) is 0 Å². The van der Waals surface area contributed by atoms with E-state index in [-0.39, 0.29) is 17.3 Å². The van der Waals surface area contributed by atoms with Crippen LogP contribution in [-0.2, 0) is 9.53 Å². The summed E-state index contributed by atoms with van der Waals surface area (Å²) in [6, 6.07) is 4.45. The number of nitrogens with zero attached hydrogens (tertiary/aromatic N) is 2. The fourth-order valence-electron chi connectivity index (χ4n) is 1.43. The molecule has 1 heterocycles. The molecule has 0 saturated carbocycles. The maximum absolute atomic E-state index is 11.4. The summed E-state index contributed by atoms with van der Waals surface area (Å²) in [5.74, 6) is -1.74. The first-order valence-corrected chi connectivity index (χ1v) is 4.39. The lowest BCUT2D eigenvalue weighted by Gasteiger charge is -2.04. The van der Waals surface area contributed by atoms with Crippen molar-refractivity contribution >= 4 is 17.6 Å². The lowest BCUT2D eigenvalue weighted by Crippen LogP contribution is -2.08. The van der Waals surface area contributed by atoms with Gasteiger partial charge >= 0.3 is 11.9 Å². The van der Waals surface area contributed by atoms with Gasteiger partial charge in [0.05, 0.1) is 12.7 Å². The van der Waals surface area contributed by atoms with Crippen LogP contribution >= 0.6 is 0 Å². The summed E-state index contributed by atoms with van der Waals surface area (Å²) in [5.41, 5.74) is 0.780. The second-order valence-corrected chi connectivity index (χ2v) is 3.05. The van der Waals surface area contributed by atoms with Crippen LogP contribution in [0.3, 0.4) is 0 Å². The Morgan fingerprint density at radius 1 is 1.31 bits per heavy atom. The van der Waals surface area contributed by atoms with Gasteiger partial charge in [-0.25, -0.2) is 9.59 Å². The molecule has 81 valence electrons. The molecule has 16 heavy (non-hydrogen) atoms. The molecule has 1 N–H and O–H groups in total. The Bertz CT molecular complexity index is 496. The van der Waals surface area contributed by atoms with Gasteiger partial charge in [-0.2, -0.15) is 10.2 Å². The second-order valence-electron chi connectivity index (χ2n) is 3.05. The van der Waals surface area contributed by atoms with Crippen LogP contribution in [0.2, 0.25) is 0 Å².